The van der Waals surface area contributed by atoms with Crippen molar-refractivity contribution in [1.29, 1.82) is 0 Å². The zero-order valence-corrected chi connectivity index (χ0v) is 24.7. The van der Waals surface area contributed by atoms with Crippen molar-refractivity contribution < 1.29 is 14.4 Å². The van der Waals surface area contributed by atoms with Crippen LogP contribution in [0, 0.1) is 0 Å². The lowest BCUT2D eigenvalue weighted by atomic mass is 10.0. The second-order valence-corrected chi connectivity index (χ2v) is 11.0. The van der Waals surface area contributed by atoms with E-state index in [-0.39, 0.29) is 11.9 Å². The molecule has 1 amide bonds. The Bertz CT molecular complexity index is 1440. The monoisotopic (exact) mass is 597 g/mol. The van der Waals surface area contributed by atoms with E-state index in [0.29, 0.717) is 51.5 Å². The second-order valence-electron chi connectivity index (χ2n) is 10.1. The topological polar surface area (TPSA) is 95.1 Å². The molecule has 0 bridgehead atoms. The zero-order chi connectivity index (χ0) is 29.1. The predicted molar refractivity (Wildman–Crippen MR) is 164 cm³/mol. The van der Waals surface area contributed by atoms with E-state index >= 15 is 0 Å². The number of nitrogens with zero attached hydrogens (tertiary/aromatic N) is 5. The Hall–Kier alpha value is -3.57. The van der Waals surface area contributed by atoms with Gasteiger partial charge in [0.1, 0.15) is 17.9 Å². The number of methoxy groups -OCH3 is 1. The summed E-state index contributed by atoms with van der Waals surface area (Å²) >= 11 is 12.4. The molecule has 3 aromatic rings. The molecule has 0 aliphatic carbocycles. The molecule has 0 saturated carbocycles. The summed E-state index contributed by atoms with van der Waals surface area (Å²) < 4.78 is 5.77. The Balaban J connectivity index is 1.44. The summed E-state index contributed by atoms with van der Waals surface area (Å²) in [5.74, 6) is 1.42. The maximum absolute atomic E-state index is 12.4. The number of amides is 1. The molecule has 2 aromatic carbocycles. The quantitative estimate of drug-likeness (QED) is 0.302. The lowest BCUT2D eigenvalue weighted by molar-refractivity contribution is -0.111. The number of aromatic nitrogens is 2. The van der Waals surface area contributed by atoms with E-state index in [1.807, 2.05) is 24.3 Å². The van der Waals surface area contributed by atoms with Crippen molar-refractivity contribution in [3.63, 3.8) is 0 Å². The molecule has 5 rings (SSSR count). The van der Waals surface area contributed by atoms with Gasteiger partial charge in [0.05, 0.1) is 46.9 Å². The molecule has 1 aromatic heterocycles. The Morgan fingerprint density at radius 2 is 1.98 bits per heavy atom. The number of hydrogen-bond donors (Lipinski definition) is 2. The van der Waals surface area contributed by atoms with Crippen LogP contribution in [0.1, 0.15) is 24.4 Å². The number of ether oxygens (including phenoxy) is 1. The zero-order valence-electron chi connectivity index (χ0n) is 23.2. The molecule has 216 valence electrons. The van der Waals surface area contributed by atoms with Gasteiger partial charge in [-0.1, -0.05) is 35.8 Å². The number of rotatable bonds is 9. The van der Waals surface area contributed by atoms with E-state index in [2.05, 4.69) is 51.1 Å². The van der Waals surface area contributed by atoms with E-state index < -0.39 is 0 Å². The van der Waals surface area contributed by atoms with Crippen LogP contribution in [-0.4, -0.2) is 67.7 Å². The fraction of sp³-hybridized carbons (Fsp3) is 0.345. The molecule has 2 N–H and O–H groups in total. The van der Waals surface area contributed by atoms with Gasteiger partial charge in [-0.2, -0.15) is 0 Å². The first-order valence-corrected chi connectivity index (χ1v) is 14.1. The van der Waals surface area contributed by atoms with Crippen molar-refractivity contribution in [2.45, 2.75) is 24.9 Å². The van der Waals surface area contributed by atoms with Crippen molar-refractivity contribution in [2.24, 2.45) is 0 Å². The number of anilines is 5. The lowest BCUT2D eigenvalue weighted by Gasteiger charge is -2.26. The molecular formula is C29H33Cl2N7O3. The number of carbonyl (C=O) groups is 1. The van der Waals surface area contributed by atoms with Crippen LogP contribution >= 0.6 is 23.2 Å². The normalized spacial score (nSPS) is 18.6. The summed E-state index contributed by atoms with van der Waals surface area (Å²) in [4.78, 5) is 31.7. The minimum atomic E-state index is -0.297. The molecule has 2 aliphatic heterocycles. The van der Waals surface area contributed by atoms with Crippen LogP contribution in [0.15, 0.2) is 55.4 Å². The van der Waals surface area contributed by atoms with Gasteiger partial charge in [-0.25, -0.2) is 15.0 Å². The highest BCUT2D eigenvalue weighted by Crippen LogP contribution is 2.41. The van der Waals surface area contributed by atoms with Crippen molar-refractivity contribution >= 4 is 57.8 Å². The molecule has 12 heteroatoms. The first-order valence-electron chi connectivity index (χ1n) is 13.3. The van der Waals surface area contributed by atoms with Gasteiger partial charge >= 0.3 is 0 Å². The Morgan fingerprint density at radius 3 is 2.68 bits per heavy atom. The summed E-state index contributed by atoms with van der Waals surface area (Å²) in [5, 5.41) is 9.04. The van der Waals surface area contributed by atoms with Gasteiger partial charge in [0.25, 0.3) is 0 Å². The first kappa shape index (κ1) is 28.9. The minimum absolute atomic E-state index is 0.0893. The number of likely N-dealkylation sites (N-methyl/N-ethyl adjacent to an activating group) is 1. The third kappa shape index (κ3) is 6.36. The van der Waals surface area contributed by atoms with Crippen LogP contribution in [0.25, 0.3) is 0 Å². The van der Waals surface area contributed by atoms with Crippen molar-refractivity contribution in [3.05, 3.63) is 71.0 Å². The van der Waals surface area contributed by atoms with Crippen molar-refractivity contribution in [1.82, 2.24) is 14.9 Å². The molecule has 2 aliphatic rings. The molecule has 2 saturated heterocycles. The van der Waals surface area contributed by atoms with Gasteiger partial charge in [0.15, 0.2) is 5.82 Å². The number of carbonyl (C=O) groups excluding carboxylic acids is 1. The van der Waals surface area contributed by atoms with Gasteiger partial charge in [-0.05, 0) is 50.4 Å². The summed E-state index contributed by atoms with van der Waals surface area (Å²) in [6.45, 7) is 5.84. The average Bonchev–Trinajstić information content (AvgIpc) is 3.66. The Kier molecular flexibility index (Phi) is 8.84. The summed E-state index contributed by atoms with van der Waals surface area (Å²) in [5.41, 5.74) is 3.13. The number of benzene rings is 2. The summed E-state index contributed by atoms with van der Waals surface area (Å²) in [6.07, 6.45) is 4.51. The molecule has 2 atom stereocenters. The van der Waals surface area contributed by atoms with Gasteiger partial charge in [-0.15, -0.1) is 0 Å². The van der Waals surface area contributed by atoms with Gasteiger partial charge in [0, 0.05) is 37.7 Å². The SMILES string of the molecule is C=CC(=O)Nc1cc(Nc2cc(N3OCC[C@@H]3c3ccc(Cl)c(Cl)c3)ncn2)c(OC)cc1N1CCC(N(C)C)C1. The van der Waals surface area contributed by atoms with Crippen molar-refractivity contribution in [2.75, 3.05) is 61.5 Å². The number of hydroxylamine groups is 1. The van der Waals surface area contributed by atoms with Crippen LogP contribution in [-0.2, 0) is 9.63 Å². The fourth-order valence-corrected chi connectivity index (χ4v) is 5.46. The Labute approximate surface area is 249 Å². The molecule has 0 radical (unpaired) electrons. The van der Waals surface area contributed by atoms with E-state index in [9.17, 15) is 4.79 Å². The number of halogens is 2. The number of nitrogens with one attached hydrogen (secondary N) is 2. The standard InChI is InChI=1S/C29H33Cl2N7O3/c1-5-29(39)35-22-13-23(26(40-4)14-25(22)37-10-8-19(16-37)36(2)3)34-27-15-28(33-17-32-27)38-24(9-11-41-38)18-6-7-20(30)21(31)12-18/h5-7,12-15,17,19,24H,1,8-11,16H2,2-4H3,(H,35,39)(H,32,33,34)/t19?,24-/m1/s1. The Morgan fingerprint density at radius 1 is 1.15 bits per heavy atom. The molecule has 41 heavy (non-hydrogen) atoms. The van der Waals surface area contributed by atoms with Crippen LogP contribution in [0.2, 0.25) is 10.0 Å². The van der Waals surface area contributed by atoms with Crippen LogP contribution in [0.5, 0.6) is 5.75 Å². The molecular weight excluding hydrogens is 565 g/mol. The predicted octanol–water partition coefficient (Wildman–Crippen LogP) is 5.68. The largest absolute Gasteiger partial charge is 0.494 e. The third-order valence-electron chi connectivity index (χ3n) is 7.37. The third-order valence-corrected chi connectivity index (χ3v) is 8.11. The van der Waals surface area contributed by atoms with Crippen LogP contribution < -0.4 is 25.3 Å². The summed E-state index contributed by atoms with van der Waals surface area (Å²) in [6, 6.07) is 11.5. The number of hydrogen-bond acceptors (Lipinski definition) is 9. The maximum atomic E-state index is 12.4. The van der Waals surface area contributed by atoms with Crippen molar-refractivity contribution in [3.8, 4) is 5.75 Å². The van der Waals surface area contributed by atoms with Crippen LogP contribution in [0.4, 0.5) is 28.7 Å². The second kappa shape index (κ2) is 12.5. The van der Waals surface area contributed by atoms with Gasteiger partial charge < -0.3 is 25.2 Å². The molecule has 0 spiro atoms. The molecule has 1 unspecified atom stereocenters. The van der Waals surface area contributed by atoms with E-state index in [1.54, 1.807) is 24.3 Å². The van der Waals surface area contributed by atoms with Gasteiger partial charge in [0.2, 0.25) is 5.91 Å². The smallest absolute Gasteiger partial charge is 0.247 e. The summed E-state index contributed by atoms with van der Waals surface area (Å²) in [7, 11) is 5.78. The molecule has 2 fully saturated rings. The first-order chi connectivity index (χ1) is 19.8. The molecule has 3 heterocycles. The lowest BCUT2D eigenvalue weighted by Crippen LogP contribution is -2.31. The van der Waals surface area contributed by atoms with E-state index in [4.69, 9.17) is 32.8 Å². The van der Waals surface area contributed by atoms with Gasteiger partial charge in [-0.3, -0.25) is 9.63 Å². The van der Waals surface area contributed by atoms with E-state index in [1.165, 1.54) is 12.4 Å². The van der Waals surface area contributed by atoms with E-state index in [0.717, 1.165) is 37.2 Å². The highest BCUT2D eigenvalue weighted by Gasteiger charge is 2.30. The highest BCUT2D eigenvalue weighted by molar-refractivity contribution is 6.42. The van der Waals surface area contributed by atoms with Crippen LogP contribution in [0.3, 0.4) is 0 Å². The average molecular weight is 599 g/mol. The highest BCUT2D eigenvalue weighted by atomic mass is 35.5. The minimum Gasteiger partial charge on any atom is -0.494 e. The fourth-order valence-electron chi connectivity index (χ4n) is 5.15. The molecule has 10 nitrogen and oxygen atoms in total. The maximum Gasteiger partial charge on any atom is 0.247 e.